The molecule has 0 aliphatic carbocycles. The third-order valence-electron chi connectivity index (χ3n) is 1.40. The lowest BCUT2D eigenvalue weighted by Gasteiger charge is -2.22. The number of carbonyl (C=O) groups excluding carboxylic acids is 1. The van der Waals surface area contributed by atoms with Crippen molar-refractivity contribution >= 4 is 5.97 Å². The molecule has 98 valence electrons. The van der Waals surface area contributed by atoms with Gasteiger partial charge in [-0.3, -0.25) is 4.79 Å². The summed E-state index contributed by atoms with van der Waals surface area (Å²) in [5.41, 5.74) is 7.49. The minimum atomic E-state index is -3.78. The topological polar surface area (TPSA) is 75.1 Å². The average molecular weight is 251 g/mol. The van der Waals surface area contributed by atoms with Gasteiger partial charge < -0.3 is 4.74 Å². The van der Waals surface area contributed by atoms with Crippen LogP contribution in [0.25, 0.3) is 10.4 Å². The minimum absolute atomic E-state index is 1.02. The van der Waals surface area contributed by atoms with Gasteiger partial charge in [0.1, 0.15) is 5.60 Å². The number of hydrogen-bond acceptors (Lipinski definition) is 3. The molecule has 0 radical (unpaired) electrons. The van der Waals surface area contributed by atoms with Gasteiger partial charge in [0.2, 0.25) is 0 Å². The fraction of sp³-hybridized carbons (Fsp3) is 0.917. The van der Waals surface area contributed by atoms with Crippen molar-refractivity contribution < 1.29 is 23.2 Å². The Hall–Kier alpha value is -1.22. The Morgan fingerprint density at radius 1 is 1.65 bits per heavy atom. The van der Waals surface area contributed by atoms with Crippen LogP contribution in [0.2, 0.25) is 0 Å². The Morgan fingerprint density at radius 2 is 2.29 bits per heavy atom. The summed E-state index contributed by atoms with van der Waals surface area (Å²) in [6.45, 7) is -3.95. The van der Waals surface area contributed by atoms with E-state index in [0.717, 1.165) is 0 Å². The van der Waals surface area contributed by atoms with Gasteiger partial charge in [-0.1, -0.05) is 18.8 Å². The Bertz CT molecular complexity index is 590. The number of nitrogens with zero attached hydrogens (tertiary/aromatic N) is 3. The Morgan fingerprint density at radius 3 is 2.76 bits per heavy atom. The summed E-state index contributed by atoms with van der Waals surface area (Å²) in [4.78, 5) is 14.5. The molecule has 0 aliphatic heterocycles. The molecule has 17 heavy (non-hydrogen) atoms. The number of carbonyl (C=O) groups is 1. The third kappa shape index (κ3) is 9.69. The second-order valence-corrected chi connectivity index (χ2v) is 4.26. The fourth-order valence-electron chi connectivity index (χ4n) is 0.985. The van der Waals surface area contributed by atoms with Crippen LogP contribution in [0, 0.1) is 11.8 Å². The van der Waals surface area contributed by atoms with Crippen LogP contribution >= 0.6 is 0 Å². The van der Waals surface area contributed by atoms with Gasteiger partial charge in [-0.25, -0.2) is 0 Å². The first kappa shape index (κ1) is 5.61. The second kappa shape index (κ2) is 7.17. The summed E-state index contributed by atoms with van der Waals surface area (Å²) < 4.78 is 82.1. The van der Waals surface area contributed by atoms with Crippen LogP contribution in [0.15, 0.2) is 5.11 Å². The summed E-state index contributed by atoms with van der Waals surface area (Å²) >= 11 is 0. The number of hydrogen-bond donors (Lipinski definition) is 0. The quantitative estimate of drug-likeness (QED) is 0.312. The zero-order valence-corrected chi connectivity index (χ0v) is 10.1. The predicted molar refractivity (Wildman–Crippen MR) is 67.4 cm³/mol. The summed E-state index contributed by atoms with van der Waals surface area (Å²) in [5, 5.41) is 3.03. The van der Waals surface area contributed by atoms with Crippen molar-refractivity contribution in [3.63, 3.8) is 0 Å². The standard InChI is InChI=1S/C12H23N3O2/c1-9(2)6-10(8-14-15-13)7-11(16)17-12(3,4)5/h9-10H,6-8H2,1-5H3/t10-/m1/s1/i1D3,2D3,6D2,9D,10D. The Kier molecular flexibility index (Phi) is 2.37. The van der Waals surface area contributed by atoms with E-state index in [1.165, 1.54) is 20.8 Å². The van der Waals surface area contributed by atoms with Crippen molar-refractivity contribution in [1.29, 1.82) is 0 Å². The third-order valence-corrected chi connectivity index (χ3v) is 1.40. The largest absolute Gasteiger partial charge is 0.460 e. The van der Waals surface area contributed by atoms with E-state index in [2.05, 4.69) is 10.0 Å². The lowest BCUT2D eigenvalue weighted by molar-refractivity contribution is -0.156. The zero-order valence-electron chi connectivity index (χ0n) is 20.1. The van der Waals surface area contributed by atoms with Gasteiger partial charge in [0, 0.05) is 31.6 Å². The number of esters is 1. The maximum atomic E-state index is 12.1. The first-order chi connectivity index (χ1) is 11.7. The highest BCUT2D eigenvalue weighted by Crippen LogP contribution is 2.18. The summed E-state index contributed by atoms with van der Waals surface area (Å²) in [7, 11) is 0. The van der Waals surface area contributed by atoms with Crippen LogP contribution < -0.4 is 0 Å². The monoisotopic (exact) mass is 251 g/mol. The van der Waals surface area contributed by atoms with Crippen LogP contribution in [0.1, 0.15) is 61.0 Å². The normalized spacial score (nSPS) is 26.5. The van der Waals surface area contributed by atoms with E-state index in [4.69, 9.17) is 24.0 Å². The molecular formula is C12H23N3O2. The minimum Gasteiger partial charge on any atom is -0.460 e. The highest BCUT2D eigenvalue weighted by atomic mass is 16.6. The smallest absolute Gasteiger partial charge is 0.306 e. The van der Waals surface area contributed by atoms with Crippen molar-refractivity contribution in [2.45, 2.75) is 52.9 Å². The molecule has 0 aromatic carbocycles. The van der Waals surface area contributed by atoms with Crippen molar-refractivity contribution in [2.75, 3.05) is 6.54 Å². The van der Waals surface area contributed by atoms with Crippen LogP contribution in [-0.4, -0.2) is 18.1 Å². The van der Waals surface area contributed by atoms with E-state index in [-0.39, 0.29) is 0 Å². The van der Waals surface area contributed by atoms with Crippen LogP contribution in [-0.2, 0) is 9.53 Å². The molecule has 5 heteroatoms. The summed E-state index contributed by atoms with van der Waals surface area (Å²) in [6, 6.07) is 0. The lowest BCUT2D eigenvalue weighted by atomic mass is 9.94. The van der Waals surface area contributed by atoms with Crippen molar-refractivity contribution in [2.24, 2.45) is 16.9 Å². The van der Waals surface area contributed by atoms with Crippen LogP contribution in [0.4, 0.5) is 0 Å². The highest BCUT2D eigenvalue weighted by Gasteiger charge is 2.20. The number of azide groups is 1. The molecule has 0 aromatic heterocycles. The molecule has 5 nitrogen and oxygen atoms in total. The van der Waals surface area contributed by atoms with E-state index in [9.17, 15) is 4.79 Å². The highest BCUT2D eigenvalue weighted by molar-refractivity contribution is 5.70. The lowest BCUT2D eigenvalue weighted by Crippen LogP contribution is -2.26. The van der Waals surface area contributed by atoms with E-state index >= 15 is 0 Å². The van der Waals surface area contributed by atoms with Crippen LogP contribution in [0.3, 0.4) is 0 Å². The number of rotatable bonds is 6. The molecule has 0 spiro atoms. The molecule has 0 heterocycles. The van der Waals surface area contributed by atoms with Crippen LogP contribution in [0.5, 0.6) is 0 Å². The van der Waals surface area contributed by atoms with Gasteiger partial charge in [-0.05, 0) is 44.5 Å². The summed E-state index contributed by atoms with van der Waals surface area (Å²) in [6.07, 6.45) is -4.75. The van der Waals surface area contributed by atoms with Gasteiger partial charge in [0.15, 0.2) is 0 Å². The zero-order chi connectivity index (χ0) is 22.1. The molecular weight excluding hydrogens is 218 g/mol. The molecule has 0 aromatic rings. The Labute approximate surface area is 117 Å². The molecule has 0 saturated heterocycles. The molecule has 0 N–H and O–H groups in total. The molecule has 0 aliphatic rings. The summed E-state index contributed by atoms with van der Waals surface area (Å²) in [5.74, 6) is -7.79. The number of ether oxygens (including phenoxy) is 1. The molecule has 0 fully saturated rings. The average Bonchev–Trinajstić information content (AvgIpc) is 2.39. The van der Waals surface area contributed by atoms with Gasteiger partial charge >= 0.3 is 5.97 Å². The molecule has 0 amide bonds. The van der Waals surface area contributed by atoms with Gasteiger partial charge in [0.05, 0.1) is 0 Å². The molecule has 0 rings (SSSR count). The van der Waals surface area contributed by atoms with Crippen molar-refractivity contribution in [3.05, 3.63) is 10.4 Å². The first-order valence-corrected chi connectivity index (χ1v) is 4.89. The first-order valence-electron chi connectivity index (χ1n) is 9.89. The van der Waals surface area contributed by atoms with Crippen molar-refractivity contribution in [3.8, 4) is 0 Å². The van der Waals surface area contributed by atoms with Crippen molar-refractivity contribution in [1.82, 2.24) is 0 Å². The SMILES string of the molecule is [2H]C([2H])([2H])C([2H])(C([2H])([2H])[2H])C([2H])([2H])[C@@]([2H])(CN=[N+]=[N-])CC(=O)OC(C)(C)C. The molecule has 0 bridgehead atoms. The van der Waals surface area contributed by atoms with E-state index < -0.39 is 56.4 Å². The van der Waals surface area contributed by atoms with Gasteiger partial charge in [-0.2, -0.15) is 0 Å². The van der Waals surface area contributed by atoms with E-state index in [1.54, 1.807) is 0 Å². The maximum absolute atomic E-state index is 12.1. The molecule has 1 atom stereocenters. The second-order valence-electron chi connectivity index (χ2n) is 4.26. The maximum Gasteiger partial charge on any atom is 0.306 e. The fourth-order valence-corrected chi connectivity index (χ4v) is 0.985. The molecule has 0 saturated carbocycles. The predicted octanol–water partition coefficient (Wildman–Crippen LogP) is 3.69. The Balaban J connectivity index is 6.45. The van der Waals surface area contributed by atoms with E-state index in [0.29, 0.717) is 0 Å². The van der Waals surface area contributed by atoms with Gasteiger partial charge in [0.25, 0.3) is 0 Å². The van der Waals surface area contributed by atoms with Gasteiger partial charge in [-0.15, -0.1) is 0 Å². The van der Waals surface area contributed by atoms with E-state index in [1.807, 2.05) is 0 Å². The molecule has 0 unspecified atom stereocenters.